The van der Waals surface area contributed by atoms with E-state index in [-0.39, 0.29) is 10.8 Å². The molecule has 1 rings (SSSR count). The van der Waals surface area contributed by atoms with Gasteiger partial charge in [-0.15, -0.1) is 0 Å². The predicted molar refractivity (Wildman–Crippen MR) is 28.0 cm³/mol. The van der Waals surface area contributed by atoms with Crippen molar-refractivity contribution < 1.29 is 9.53 Å². The van der Waals surface area contributed by atoms with E-state index < -0.39 is 0 Å². The summed E-state index contributed by atoms with van der Waals surface area (Å²) in [6, 6.07) is 0. The van der Waals surface area contributed by atoms with Crippen molar-refractivity contribution in [3.05, 3.63) is 6.42 Å². The van der Waals surface area contributed by atoms with Gasteiger partial charge in [0.25, 0.3) is 0 Å². The Balaban J connectivity index is 2.48. The first-order valence-corrected chi connectivity index (χ1v) is 2.86. The maximum atomic E-state index is 10.3. The van der Waals surface area contributed by atoms with Gasteiger partial charge in [-0.3, -0.25) is 4.79 Å². The molecule has 39 valence electrons. The smallest absolute Gasteiger partial charge is 0.320 e. The van der Waals surface area contributed by atoms with Crippen molar-refractivity contribution in [3.8, 4) is 0 Å². The van der Waals surface area contributed by atoms with E-state index in [2.05, 4.69) is 20.7 Å². The molecule has 0 amide bonds. The van der Waals surface area contributed by atoms with Crippen LogP contribution in [0.5, 0.6) is 0 Å². The van der Waals surface area contributed by atoms with E-state index in [1.807, 2.05) is 0 Å². The second kappa shape index (κ2) is 1.82. The standard InChI is InChI=1S/C4H4BrO2/c5-3-1-2-7-4(3)6/h1,3H,2H2. The number of esters is 1. The highest BCUT2D eigenvalue weighted by Gasteiger charge is 2.22. The second-order valence-corrected chi connectivity index (χ2v) is 2.25. The molecule has 1 radical (unpaired) electrons. The lowest BCUT2D eigenvalue weighted by molar-refractivity contribution is -0.137. The van der Waals surface area contributed by atoms with Gasteiger partial charge in [-0.2, -0.15) is 0 Å². The summed E-state index contributed by atoms with van der Waals surface area (Å²) >= 11 is 3.07. The quantitative estimate of drug-likeness (QED) is 0.385. The van der Waals surface area contributed by atoms with Crippen LogP contribution in [0.2, 0.25) is 0 Å². The Morgan fingerprint density at radius 2 is 2.71 bits per heavy atom. The molecule has 2 nitrogen and oxygen atoms in total. The molecule has 1 heterocycles. The van der Waals surface area contributed by atoms with Crippen LogP contribution in [0.4, 0.5) is 0 Å². The van der Waals surface area contributed by atoms with Gasteiger partial charge in [-0.25, -0.2) is 0 Å². The summed E-state index contributed by atoms with van der Waals surface area (Å²) in [7, 11) is 0. The third kappa shape index (κ3) is 0.938. The molecule has 7 heavy (non-hydrogen) atoms. The highest BCUT2D eigenvalue weighted by atomic mass is 79.9. The summed E-state index contributed by atoms with van der Waals surface area (Å²) in [5.74, 6) is -0.181. The Labute approximate surface area is 50.0 Å². The average Bonchev–Trinajstić information content (AvgIpc) is 1.91. The van der Waals surface area contributed by atoms with E-state index in [0.717, 1.165) is 0 Å². The maximum absolute atomic E-state index is 10.3. The van der Waals surface area contributed by atoms with Gasteiger partial charge in [0.15, 0.2) is 0 Å². The highest BCUT2D eigenvalue weighted by molar-refractivity contribution is 9.10. The summed E-state index contributed by atoms with van der Waals surface area (Å²) < 4.78 is 4.52. The monoisotopic (exact) mass is 163 g/mol. The van der Waals surface area contributed by atoms with Crippen molar-refractivity contribution in [1.29, 1.82) is 0 Å². The fourth-order valence-corrected chi connectivity index (χ4v) is 0.675. The molecule has 1 aliphatic rings. The van der Waals surface area contributed by atoms with Gasteiger partial charge in [0.05, 0.1) is 6.61 Å². The van der Waals surface area contributed by atoms with Crippen LogP contribution in [0.1, 0.15) is 0 Å². The van der Waals surface area contributed by atoms with Crippen LogP contribution < -0.4 is 0 Å². The number of hydrogen-bond acceptors (Lipinski definition) is 2. The average molecular weight is 164 g/mol. The van der Waals surface area contributed by atoms with Gasteiger partial charge >= 0.3 is 5.97 Å². The van der Waals surface area contributed by atoms with E-state index in [4.69, 9.17) is 0 Å². The summed E-state index contributed by atoms with van der Waals surface area (Å²) in [6.45, 7) is 0.453. The number of hydrogen-bond donors (Lipinski definition) is 0. The van der Waals surface area contributed by atoms with E-state index in [1.165, 1.54) is 0 Å². The Morgan fingerprint density at radius 3 is 2.86 bits per heavy atom. The van der Waals surface area contributed by atoms with Crippen molar-refractivity contribution in [2.75, 3.05) is 6.61 Å². The Kier molecular flexibility index (Phi) is 1.32. The fourth-order valence-electron chi connectivity index (χ4n) is 0.391. The van der Waals surface area contributed by atoms with Gasteiger partial charge in [0.1, 0.15) is 4.83 Å². The number of ether oxygens (including phenoxy) is 1. The van der Waals surface area contributed by atoms with Crippen molar-refractivity contribution in [2.45, 2.75) is 4.83 Å². The van der Waals surface area contributed by atoms with Gasteiger partial charge < -0.3 is 4.74 Å². The summed E-state index contributed by atoms with van der Waals surface area (Å²) in [5.41, 5.74) is 0. The minimum atomic E-state index is -0.181. The molecule has 1 unspecified atom stereocenters. The van der Waals surface area contributed by atoms with Crippen molar-refractivity contribution in [2.24, 2.45) is 0 Å². The zero-order chi connectivity index (χ0) is 5.28. The lowest BCUT2D eigenvalue weighted by atomic mass is 10.4. The fraction of sp³-hybridized carbons (Fsp3) is 0.500. The molecule has 1 aliphatic heterocycles. The van der Waals surface area contributed by atoms with Crippen molar-refractivity contribution in [3.63, 3.8) is 0 Å². The molecular weight excluding hydrogens is 160 g/mol. The first-order valence-electron chi connectivity index (χ1n) is 1.95. The normalized spacial score (nSPS) is 30.4. The second-order valence-electron chi connectivity index (χ2n) is 1.27. The van der Waals surface area contributed by atoms with Crippen LogP contribution in [0, 0.1) is 6.42 Å². The molecule has 3 heteroatoms. The molecule has 1 atom stereocenters. The zero-order valence-electron chi connectivity index (χ0n) is 3.56. The first kappa shape index (κ1) is 5.09. The van der Waals surface area contributed by atoms with Gasteiger partial charge in [-0.05, 0) is 0 Å². The topological polar surface area (TPSA) is 26.3 Å². The minimum Gasteiger partial charge on any atom is -0.464 e. The van der Waals surface area contributed by atoms with E-state index in [1.54, 1.807) is 6.42 Å². The van der Waals surface area contributed by atoms with Crippen LogP contribution in [-0.4, -0.2) is 17.4 Å². The molecule has 0 spiro atoms. The van der Waals surface area contributed by atoms with Crippen molar-refractivity contribution >= 4 is 21.9 Å². The minimum absolute atomic E-state index is 0.160. The molecule has 0 saturated carbocycles. The van der Waals surface area contributed by atoms with E-state index in [9.17, 15) is 4.79 Å². The highest BCUT2D eigenvalue weighted by Crippen LogP contribution is 2.12. The number of rotatable bonds is 0. The van der Waals surface area contributed by atoms with E-state index >= 15 is 0 Å². The van der Waals surface area contributed by atoms with Crippen LogP contribution in [0.3, 0.4) is 0 Å². The molecule has 0 aromatic carbocycles. The third-order valence-corrected chi connectivity index (χ3v) is 1.50. The number of carbonyl (C=O) groups is 1. The van der Waals surface area contributed by atoms with Crippen molar-refractivity contribution in [1.82, 2.24) is 0 Å². The first-order chi connectivity index (χ1) is 3.30. The number of carbonyl (C=O) groups excluding carboxylic acids is 1. The Hall–Kier alpha value is -0.0500. The van der Waals surface area contributed by atoms with Gasteiger partial charge in [0.2, 0.25) is 0 Å². The molecule has 0 N–H and O–H groups in total. The Morgan fingerprint density at radius 1 is 2.00 bits per heavy atom. The maximum Gasteiger partial charge on any atom is 0.320 e. The number of cyclic esters (lactones) is 1. The molecule has 1 saturated heterocycles. The molecule has 0 bridgehead atoms. The largest absolute Gasteiger partial charge is 0.464 e. The Bertz CT molecular complexity index is 91.7. The van der Waals surface area contributed by atoms with Crippen LogP contribution in [-0.2, 0) is 9.53 Å². The molecule has 0 aliphatic carbocycles. The molecular formula is C4H4BrO2. The SMILES string of the molecule is O=C1OC[CH]C1Br. The molecule has 1 fully saturated rings. The zero-order valence-corrected chi connectivity index (χ0v) is 5.14. The molecule has 0 aromatic rings. The van der Waals surface area contributed by atoms with Crippen LogP contribution in [0.25, 0.3) is 0 Å². The number of alkyl halides is 1. The lowest BCUT2D eigenvalue weighted by Crippen LogP contribution is -2.04. The van der Waals surface area contributed by atoms with Gasteiger partial charge in [0, 0.05) is 6.42 Å². The van der Waals surface area contributed by atoms with Crippen LogP contribution in [0.15, 0.2) is 0 Å². The summed E-state index contributed by atoms with van der Waals surface area (Å²) in [5, 5.41) is 0. The predicted octanol–water partition coefficient (Wildman–Crippen LogP) is 0.511. The lowest BCUT2D eigenvalue weighted by Gasteiger charge is -1.86. The van der Waals surface area contributed by atoms with Gasteiger partial charge in [-0.1, -0.05) is 15.9 Å². The van der Waals surface area contributed by atoms with E-state index in [0.29, 0.717) is 6.61 Å². The molecule has 0 aromatic heterocycles. The summed E-state index contributed by atoms with van der Waals surface area (Å²) in [6.07, 6.45) is 1.77. The van der Waals surface area contributed by atoms with Crippen LogP contribution >= 0.6 is 15.9 Å². The summed E-state index contributed by atoms with van der Waals surface area (Å²) in [4.78, 5) is 10.1. The third-order valence-electron chi connectivity index (χ3n) is 0.754. The number of halogens is 1.